The van der Waals surface area contributed by atoms with E-state index in [9.17, 15) is 8.42 Å². The van der Waals surface area contributed by atoms with Crippen LogP contribution in [0.15, 0.2) is 88.3 Å². The van der Waals surface area contributed by atoms with Gasteiger partial charge in [-0.3, -0.25) is 0 Å². The predicted octanol–water partition coefficient (Wildman–Crippen LogP) is 6.14. The van der Waals surface area contributed by atoms with E-state index in [2.05, 4.69) is 5.16 Å². The van der Waals surface area contributed by atoms with Crippen LogP contribution in [0.2, 0.25) is 5.02 Å². The minimum Gasteiger partial charge on any atom is -0.335 e. The summed E-state index contributed by atoms with van der Waals surface area (Å²) in [5.41, 5.74) is 3.75. The molecule has 7 heteroatoms. The number of rotatable bonds is 5. The Morgan fingerprint density at radius 1 is 0.833 bits per heavy atom. The summed E-state index contributed by atoms with van der Waals surface area (Å²) < 4.78 is 33.6. The first-order valence-electron chi connectivity index (χ1n) is 9.27. The molecule has 0 saturated carbocycles. The quantitative estimate of drug-likeness (QED) is 0.375. The lowest BCUT2D eigenvalue weighted by Crippen LogP contribution is -2.26. The number of hydrogen-bond donors (Lipinski definition) is 0. The summed E-state index contributed by atoms with van der Waals surface area (Å²) >= 11 is 6.32. The Hall–Kier alpha value is -3.09. The van der Waals surface area contributed by atoms with Gasteiger partial charge in [0, 0.05) is 0 Å². The predicted molar refractivity (Wildman–Crippen MR) is 119 cm³/mol. The SMILES string of the molecule is Cc1ccc(N(c2onc(C)c2Cl)S(=O)(=O)c2ccc(-c3ccccc3)cc2)cc1. The second kappa shape index (κ2) is 7.97. The van der Waals surface area contributed by atoms with Crippen LogP contribution in [-0.2, 0) is 10.0 Å². The van der Waals surface area contributed by atoms with E-state index in [0.717, 1.165) is 21.0 Å². The van der Waals surface area contributed by atoms with Crippen molar-refractivity contribution in [1.29, 1.82) is 0 Å². The van der Waals surface area contributed by atoms with Crippen molar-refractivity contribution in [3.05, 3.63) is 95.1 Å². The van der Waals surface area contributed by atoms with Gasteiger partial charge in [-0.25, -0.2) is 8.42 Å². The van der Waals surface area contributed by atoms with E-state index in [4.69, 9.17) is 16.1 Å². The zero-order valence-corrected chi connectivity index (χ0v) is 18.0. The lowest BCUT2D eigenvalue weighted by Gasteiger charge is -2.22. The fourth-order valence-corrected chi connectivity index (χ4v) is 4.71. The molecular weight excluding hydrogens is 420 g/mol. The third kappa shape index (κ3) is 3.72. The van der Waals surface area contributed by atoms with Gasteiger partial charge in [-0.15, -0.1) is 0 Å². The molecule has 5 nitrogen and oxygen atoms in total. The summed E-state index contributed by atoms with van der Waals surface area (Å²) in [6, 6.07) is 23.5. The van der Waals surface area contributed by atoms with Crippen LogP contribution >= 0.6 is 11.6 Å². The molecule has 0 atom stereocenters. The highest BCUT2D eigenvalue weighted by Crippen LogP contribution is 2.38. The molecule has 0 aliphatic rings. The molecule has 30 heavy (non-hydrogen) atoms. The van der Waals surface area contributed by atoms with Crippen LogP contribution in [0.5, 0.6) is 0 Å². The van der Waals surface area contributed by atoms with Crippen LogP contribution in [-0.4, -0.2) is 13.6 Å². The topological polar surface area (TPSA) is 63.4 Å². The molecule has 0 aliphatic heterocycles. The molecule has 4 aromatic rings. The zero-order chi connectivity index (χ0) is 21.3. The van der Waals surface area contributed by atoms with Gasteiger partial charge in [0.05, 0.1) is 10.6 Å². The second-order valence-electron chi connectivity index (χ2n) is 6.88. The minimum absolute atomic E-state index is 0.0369. The fourth-order valence-electron chi connectivity index (χ4n) is 3.07. The van der Waals surface area contributed by atoms with Crippen molar-refractivity contribution in [2.75, 3.05) is 4.31 Å². The number of halogens is 1. The van der Waals surface area contributed by atoms with E-state index in [1.807, 2.05) is 49.4 Å². The molecule has 0 saturated heterocycles. The molecule has 3 aromatic carbocycles. The molecule has 0 bridgehead atoms. The lowest BCUT2D eigenvalue weighted by atomic mass is 10.1. The van der Waals surface area contributed by atoms with Gasteiger partial charge in [0.15, 0.2) is 0 Å². The summed E-state index contributed by atoms with van der Waals surface area (Å²) in [7, 11) is -4.01. The number of nitrogens with zero attached hydrogens (tertiary/aromatic N) is 2. The summed E-state index contributed by atoms with van der Waals surface area (Å²) in [6.07, 6.45) is 0. The van der Waals surface area contributed by atoms with Crippen LogP contribution in [0.4, 0.5) is 11.6 Å². The second-order valence-corrected chi connectivity index (χ2v) is 9.05. The summed E-state index contributed by atoms with van der Waals surface area (Å²) in [5.74, 6) is -0.0369. The molecule has 0 fully saturated rings. The summed E-state index contributed by atoms with van der Waals surface area (Å²) in [6.45, 7) is 3.58. The number of sulfonamides is 1. The molecule has 4 rings (SSSR count). The minimum atomic E-state index is -4.01. The molecule has 0 N–H and O–H groups in total. The van der Waals surface area contributed by atoms with Crippen LogP contribution in [0.3, 0.4) is 0 Å². The molecule has 1 aromatic heterocycles. The van der Waals surface area contributed by atoms with Gasteiger partial charge < -0.3 is 4.52 Å². The average Bonchev–Trinajstić information content (AvgIpc) is 3.08. The first-order chi connectivity index (χ1) is 14.4. The van der Waals surface area contributed by atoms with Crippen molar-refractivity contribution in [2.45, 2.75) is 18.7 Å². The Morgan fingerprint density at radius 3 is 2.00 bits per heavy atom. The third-order valence-electron chi connectivity index (χ3n) is 4.73. The number of hydrogen-bond acceptors (Lipinski definition) is 4. The van der Waals surface area contributed by atoms with Gasteiger partial charge in [0.1, 0.15) is 10.7 Å². The van der Waals surface area contributed by atoms with Crippen molar-refractivity contribution in [3.8, 4) is 11.1 Å². The van der Waals surface area contributed by atoms with E-state index in [-0.39, 0.29) is 15.8 Å². The van der Waals surface area contributed by atoms with Gasteiger partial charge in [0.2, 0.25) is 0 Å². The molecule has 1 heterocycles. The maximum atomic E-state index is 13.6. The Bertz CT molecular complexity index is 1270. The van der Waals surface area contributed by atoms with Gasteiger partial charge in [-0.05, 0) is 49.2 Å². The smallest absolute Gasteiger partial charge is 0.271 e. The molecule has 152 valence electrons. The van der Waals surface area contributed by atoms with Crippen molar-refractivity contribution in [2.24, 2.45) is 0 Å². The highest BCUT2D eigenvalue weighted by Gasteiger charge is 2.32. The Kier molecular flexibility index (Phi) is 5.37. The van der Waals surface area contributed by atoms with Crippen molar-refractivity contribution < 1.29 is 12.9 Å². The Balaban J connectivity index is 1.81. The van der Waals surface area contributed by atoms with Crippen molar-refractivity contribution in [3.63, 3.8) is 0 Å². The maximum Gasteiger partial charge on any atom is 0.271 e. The lowest BCUT2D eigenvalue weighted by molar-refractivity contribution is 0.424. The van der Waals surface area contributed by atoms with Crippen molar-refractivity contribution in [1.82, 2.24) is 5.16 Å². The van der Waals surface area contributed by atoms with Crippen LogP contribution in [0.1, 0.15) is 11.3 Å². The Morgan fingerprint density at radius 2 is 1.43 bits per heavy atom. The zero-order valence-electron chi connectivity index (χ0n) is 16.4. The molecule has 0 unspecified atom stereocenters. The van der Waals surface area contributed by atoms with Gasteiger partial charge in [-0.2, -0.15) is 4.31 Å². The van der Waals surface area contributed by atoms with Crippen molar-refractivity contribution >= 4 is 33.2 Å². The fraction of sp³-hybridized carbons (Fsp3) is 0.0870. The van der Waals surface area contributed by atoms with Crippen LogP contribution in [0.25, 0.3) is 11.1 Å². The average molecular weight is 439 g/mol. The molecule has 0 spiro atoms. The number of aromatic nitrogens is 1. The van der Waals surface area contributed by atoms with E-state index in [1.165, 1.54) is 0 Å². The maximum absolute atomic E-state index is 13.6. The van der Waals surface area contributed by atoms with E-state index in [0.29, 0.717) is 11.4 Å². The first-order valence-corrected chi connectivity index (χ1v) is 11.1. The molecule has 0 radical (unpaired) electrons. The normalized spacial score (nSPS) is 11.4. The monoisotopic (exact) mass is 438 g/mol. The number of benzene rings is 3. The first kappa shape index (κ1) is 20.2. The summed E-state index contributed by atoms with van der Waals surface area (Å²) in [5, 5.41) is 3.98. The molecule has 0 amide bonds. The van der Waals surface area contributed by atoms with E-state index >= 15 is 0 Å². The van der Waals surface area contributed by atoms with Gasteiger partial charge >= 0.3 is 0 Å². The highest BCUT2D eigenvalue weighted by molar-refractivity contribution is 7.93. The molecule has 0 aliphatic carbocycles. The van der Waals surface area contributed by atoms with Gasteiger partial charge in [-0.1, -0.05) is 76.9 Å². The van der Waals surface area contributed by atoms with E-state index < -0.39 is 10.0 Å². The molecular formula is C23H19ClN2O3S. The van der Waals surface area contributed by atoms with Crippen LogP contribution < -0.4 is 4.31 Å². The Labute approximate surface area is 180 Å². The largest absolute Gasteiger partial charge is 0.335 e. The number of aryl methyl sites for hydroxylation is 2. The summed E-state index contributed by atoms with van der Waals surface area (Å²) in [4.78, 5) is 0.118. The standard InChI is InChI=1S/C23H19ClN2O3S/c1-16-8-12-20(13-9-16)26(23-22(24)17(2)25-29-23)30(27,28)21-14-10-19(11-15-21)18-6-4-3-5-7-18/h3-15H,1-2H3. The number of anilines is 2. The van der Waals surface area contributed by atoms with E-state index in [1.54, 1.807) is 43.3 Å². The third-order valence-corrected chi connectivity index (χ3v) is 6.89. The van der Waals surface area contributed by atoms with Gasteiger partial charge in [0.25, 0.3) is 15.9 Å². The highest BCUT2D eigenvalue weighted by atomic mass is 35.5. The van der Waals surface area contributed by atoms with Crippen LogP contribution in [0, 0.1) is 13.8 Å².